The molecule has 2 aliphatic heterocycles. The van der Waals surface area contributed by atoms with Crippen LogP contribution in [0.2, 0.25) is 0 Å². The van der Waals surface area contributed by atoms with Crippen molar-refractivity contribution in [2.75, 3.05) is 26.7 Å². The number of phenolic OH excluding ortho intramolecular Hbond substituents is 1. The summed E-state index contributed by atoms with van der Waals surface area (Å²) in [5.41, 5.74) is 4.41. The lowest BCUT2D eigenvalue weighted by atomic mass is 9.84. The number of hydrogen-bond acceptors (Lipinski definition) is 4. The Kier molecular flexibility index (Phi) is 6.33. The Morgan fingerprint density at radius 3 is 2.57 bits per heavy atom. The third-order valence-electron chi connectivity index (χ3n) is 6.68. The highest BCUT2D eigenvalue weighted by molar-refractivity contribution is 5.68. The van der Waals surface area contributed by atoms with E-state index in [0.29, 0.717) is 11.7 Å². The smallest absolute Gasteiger partial charge is 0.143 e. The molecule has 1 atom stereocenters. The number of benzene rings is 2. The third-order valence-corrected chi connectivity index (χ3v) is 6.68. The Labute approximate surface area is 180 Å². The number of likely N-dealkylation sites (tertiary alicyclic amines) is 1. The summed E-state index contributed by atoms with van der Waals surface area (Å²) in [5, 5.41) is 10.8. The molecule has 4 nitrogen and oxygen atoms in total. The first-order chi connectivity index (χ1) is 14.5. The summed E-state index contributed by atoms with van der Waals surface area (Å²) in [4.78, 5) is 4.69. The van der Waals surface area contributed by atoms with Gasteiger partial charge in [-0.25, -0.2) is 0 Å². The van der Waals surface area contributed by atoms with E-state index in [4.69, 9.17) is 4.74 Å². The van der Waals surface area contributed by atoms with Crippen molar-refractivity contribution in [1.82, 2.24) is 9.80 Å². The number of hydrogen-bond donors (Lipinski definition) is 1. The van der Waals surface area contributed by atoms with Crippen LogP contribution in [0.1, 0.15) is 42.0 Å². The molecule has 1 fully saturated rings. The zero-order chi connectivity index (χ0) is 21.1. The molecule has 2 aliphatic rings. The summed E-state index contributed by atoms with van der Waals surface area (Å²) >= 11 is 0. The second-order valence-electron chi connectivity index (χ2n) is 8.78. The van der Waals surface area contributed by atoms with Crippen molar-refractivity contribution in [2.24, 2.45) is 5.92 Å². The van der Waals surface area contributed by atoms with Crippen LogP contribution < -0.4 is 0 Å². The average molecular weight is 407 g/mol. The van der Waals surface area contributed by atoms with Gasteiger partial charge in [0.1, 0.15) is 17.6 Å². The molecule has 1 saturated heterocycles. The first-order valence-electron chi connectivity index (χ1n) is 11.2. The van der Waals surface area contributed by atoms with Gasteiger partial charge in [0.2, 0.25) is 0 Å². The van der Waals surface area contributed by atoms with Gasteiger partial charge >= 0.3 is 0 Å². The Hall–Kier alpha value is -2.46. The molecule has 2 aromatic rings. The summed E-state index contributed by atoms with van der Waals surface area (Å²) in [6.07, 6.45) is 5.27. The van der Waals surface area contributed by atoms with E-state index >= 15 is 0 Å². The number of ether oxygens (including phenoxy) is 1. The van der Waals surface area contributed by atoms with Crippen molar-refractivity contribution >= 4 is 5.76 Å². The lowest BCUT2D eigenvalue weighted by Gasteiger charge is -2.39. The monoisotopic (exact) mass is 406 g/mol. The van der Waals surface area contributed by atoms with Crippen LogP contribution in [-0.2, 0) is 17.7 Å². The molecule has 30 heavy (non-hydrogen) atoms. The maximum absolute atomic E-state index is 10.8. The highest BCUT2D eigenvalue weighted by Gasteiger charge is 2.34. The Bertz CT molecular complexity index is 885. The van der Waals surface area contributed by atoms with E-state index in [2.05, 4.69) is 66.4 Å². The average Bonchev–Trinajstić information content (AvgIpc) is 2.77. The van der Waals surface area contributed by atoms with Crippen molar-refractivity contribution in [3.8, 4) is 5.75 Å². The summed E-state index contributed by atoms with van der Waals surface area (Å²) < 4.78 is 6.56. The molecule has 0 radical (unpaired) electrons. The van der Waals surface area contributed by atoms with E-state index in [1.54, 1.807) is 0 Å². The van der Waals surface area contributed by atoms with E-state index in [1.807, 2.05) is 13.0 Å². The van der Waals surface area contributed by atoms with Crippen molar-refractivity contribution in [1.29, 1.82) is 0 Å². The van der Waals surface area contributed by atoms with Crippen molar-refractivity contribution in [3.63, 3.8) is 0 Å². The summed E-state index contributed by atoms with van der Waals surface area (Å²) in [6, 6.07) is 14.8. The highest BCUT2D eigenvalue weighted by Crippen LogP contribution is 2.40. The molecular formula is C26H34N2O2. The van der Waals surface area contributed by atoms with Gasteiger partial charge in [-0.2, -0.15) is 0 Å². The molecule has 2 heterocycles. The lowest BCUT2D eigenvalue weighted by molar-refractivity contribution is 0.0496. The van der Waals surface area contributed by atoms with Crippen LogP contribution in [0, 0.1) is 12.8 Å². The Balaban J connectivity index is 1.48. The van der Waals surface area contributed by atoms with Crippen molar-refractivity contribution < 1.29 is 9.84 Å². The predicted molar refractivity (Wildman–Crippen MR) is 122 cm³/mol. The van der Waals surface area contributed by atoms with Gasteiger partial charge in [-0.15, -0.1) is 0 Å². The zero-order valence-electron chi connectivity index (χ0n) is 18.5. The fourth-order valence-electron chi connectivity index (χ4n) is 4.64. The number of aromatic hydroxyl groups is 1. The first-order valence-corrected chi connectivity index (χ1v) is 11.2. The number of nitrogens with zero attached hydrogens (tertiary/aromatic N) is 2. The van der Waals surface area contributed by atoms with Gasteiger partial charge in [-0.3, -0.25) is 4.90 Å². The van der Waals surface area contributed by atoms with Crippen LogP contribution in [0.25, 0.3) is 5.76 Å². The molecule has 160 valence electrons. The summed E-state index contributed by atoms with van der Waals surface area (Å²) in [6.45, 7) is 8.24. The molecule has 0 aliphatic carbocycles. The number of fused-ring (bicyclic) bond motifs is 1. The van der Waals surface area contributed by atoms with Gasteiger partial charge in [-0.05, 0) is 56.8 Å². The normalized spacial score (nSPS) is 21.3. The topological polar surface area (TPSA) is 35.9 Å². The molecule has 4 heteroatoms. The van der Waals surface area contributed by atoms with Crippen LogP contribution in [0.5, 0.6) is 5.75 Å². The van der Waals surface area contributed by atoms with E-state index < -0.39 is 0 Å². The van der Waals surface area contributed by atoms with Crippen LogP contribution in [0.15, 0.2) is 48.7 Å². The molecule has 0 bridgehead atoms. The molecule has 4 rings (SSSR count). The van der Waals surface area contributed by atoms with Gasteiger partial charge in [-0.1, -0.05) is 42.5 Å². The van der Waals surface area contributed by atoms with Crippen LogP contribution in [0.4, 0.5) is 0 Å². The van der Waals surface area contributed by atoms with Gasteiger partial charge in [0.05, 0.1) is 0 Å². The molecule has 0 spiro atoms. The van der Waals surface area contributed by atoms with E-state index in [-0.39, 0.29) is 6.10 Å². The van der Waals surface area contributed by atoms with Crippen LogP contribution in [0.3, 0.4) is 0 Å². The Morgan fingerprint density at radius 1 is 1.13 bits per heavy atom. The fraction of sp³-hybridized carbons (Fsp3) is 0.462. The van der Waals surface area contributed by atoms with Gasteiger partial charge in [0, 0.05) is 43.9 Å². The van der Waals surface area contributed by atoms with Crippen LogP contribution in [-0.4, -0.2) is 47.7 Å². The first kappa shape index (κ1) is 20.8. The standard InChI is InChI=1S/C26H34N2O2/c1-4-27(3)18-25-22-11-10-19(2)26(29)23(22)16-24(30-25)21-12-14-28(15-13-21)17-20-8-6-5-7-9-20/h5-11,18,21,24,29H,4,12-17H2,1-3H3/b25-18-/t24-/m0/s1. The lowest BCUT2D eigenvalue weighted by Crippen LogP contribution is -2.40. The summed E-state index contributed by atoms with van der Waals surface area (Å²) in [5.74, 6) is 1.85. The molecule has 0 aromatic heterocycles. The fourth-order valence-corrected chi connectivity index (χ4v) is 4.64. The number of aryl methyl sites for hydroxylation is 1. The van der Waals surface area contributed by atoms with Crippen molar-refractivity contribution in [2.45, 2.75) is 45.8 Å². The minimum absolute atomic E-state index is 0.126. The predicted octanol–water partition coefficient (Wildman–Crippen LogP) is 4.80. The van der Waals surface area contributed by atoms with Crippen molar-refractivity contribution in [3.05, 3.63) is 70.9 Å². The van der Waals surface area contributed by atoms with Gasteiger partial charge in [0.25, 0.3) is 0 Å². The molecule has 1 N–H and O–H groups in total. The van der Waals surface area contributed by atoms with E-state index in [1.165, 1.54) is 5.56 Å². The van der Waals surface area contributed by atoms with E-state index in [9.17, 15) is 5.11 Å². The second-order valence-corrected chi connectivity index (χ2v) is 8.78. The molecule has 0 amide bonds. The van der Waals surface area contributed by atoms with Gasteiger partial charge < -0.3 is 14.7 Å². The maximum Gasteiger partial charge on any atom is 0.143 e. The minimum Gasteiger partial charge on any atom is -0.507 e. The molecule has 0 unspecified atom stereocenters. The zero-order valence-corrected chi connectivity index (χ0v) is 18.5. The SMILES string of the molecule is CCN(C)/C=C1\O[C@H](C2CCN(Cc3ccccc3)CC2)Cc2c1ccc(C)c2O. The summed E-state index contributed by atoms with van der Waals surface area (Å²) in [7, 11) is 2.07. The second kappa shape index (κ2) is 9.13. The maximum atomic E-state index is 10.8. The molecule has 2 aromatic carbocycles. The number of phenols is 1. The highest BCUT2D eigenvalue weighted by atomic mass is 16.5. The number of rotatable bonds is 5. The van der Waals surface area contributed by atoms with E-state index in [0.717, 1.165) is 67.9 Å². The van der Waals surface area contributed by atoms with Crippen LogP contribution >= 0.6 is 0 Å². The van der Waals surface area contributed by atoms with Gasteiger partial charge in [0.15, 0.2) is 0 Å². The molecule has 0 saturated carbocycles. The third kappa shape index (κ3) is 4.49. The molecular weight excluding hydrogens is 372 g/mol. The minimum atomic E-state index is 0.126. The number of piperidine rings is 1. The largest absolute Gasteiger partial charge is 0.507 e. The quantitative estimate of drug-likeness (QED) is 0.773. The Morgan fingerprint density at radius 2 is 1.87 bits per heavy atom.